The number of anilines is 2. The highest BCUT2D eigenvalue weighted by Crippen LogP contribution is 2.33. The number of hydrogen-bond donors (Lipinski definition) is 3. The van der Waals surface area contributed by atoms with Crippen LogP contribution in [0.15, 0.2) is 42.5 Å². The van der Waals surface area contributed by atoms with E-state index in [9.17, 15) is 32.3 Å². The van der Waals surface area contributed by atoms with Crippen molar-refractivity contribution < 1.29 is 37.0 Å². The fourth-order valence-electron chi connectivity index (χ4n) is 2.34. The molecule has 2 aromatic rings. The summed E-state index contributed by atoms with van der Waals surface area (Å²) in [5, 5.41) is 23.6. The number of amides is 2. The minimum Gasteiger partial charge on any atom is -0.490 e. The van der Waals surface area contributed by atoms with Crippen LogP contribution in [0.2, 0.25) is 0 Å². The van der Waals surface area contributed by atoms with E-state index in [1.807, 2.05) is 0 Å². The molecular weight excluding hydrogens is 422 g/mol. The Bertz CT molecular complexity index is 999. The Morgan fingerprint density at radius 3 is 2.26 bits per heavy atom. The lowest BCUT2D eigenvalue weighted by Gasteiger charge is -2.23. The number of nitriles is 1. The summed E-state index contributed by atoms with van der Waals surface area (Å²) in [6, 6.07) is 9.66. The number of rotatable bonds is 7. The van der Waals surface area contributed by atoms with Gasteiger partial charge in [0.1, 0.15) is 12.4 Å². The van der Waals surface area contributed by atoms with Gasteiger partial charge in [0.25, 0.3) is 11.8 Å². The number of carbonyl (C=O) groups excluding carboxylic acids is 2. The zero-order chi connectivity index (χ0) is 23.2. The summed E-state index contributed by atoms with van der Waals surface area (Å²) in [5.41, 5.74) is -3.89. The van der Waals surface area contributed by atoms with E-state index in [1.165, 1.54) is 30.3 Å². The molecule has 0 aliphatic carbocycles. The topological polar surface area (TPSA) is 111 Å². The van der Waals surface area contributed by atoms with E-state index >= 15 is 0 Å². The predicted molar refractivity (Wildman–Crippen MR) is 102 cm³/mol. The van der Waals surface area contributed by atoms with Gasteiger partial charge in [-0.05, 0) is 49.4 Å². The first-order chi connectivity index (χ1) is 14.5. The number of alkyl halides is 4. The molecule has 3 N–H and O–H groups in total. The van der Waals surface area contributed by atoms with Gasteiger partial charge in [0.2, 0.25) is 0 Å². The molecule has 0 aliphatic rings. The number of benzene rings is 2. The number of carbonyl (C=O) groups is 2. The molecule has 2 aromatic carbocycles. The number of nitrogens with zero attached hydrogens (tertiary/aromatic N) is 1. The van der Waals surface area contributed by atoms with Gasteiger partial charge in [-0.25, -0.2) is 4.39 Å². The predicted octanol–water partition coefficient (Wildman–Crippen LogP) is 3.25. The van der Waals surface area contributed by atoms with Gasteiger partial charge in [-0.2, -0.15) is 18.4 Å². The molecule has 0 spiro atoms. The second-order valence-electron chi connectivity index (χ2n) is 6.59. The van der Waals surface area contributed by atoms with Crippen LogP contribution in [0.25, 0.3) is 0 Å². The van der Waals surface area contributed by atoms with Crippen molar-refractivity contribution in [1.29, 1.82) is 5.26 Å². The average Bonchev–Trinajstić information content (AvgIpc) is 2.72. The Morgan fingerprint density at radius 1 is 1.10 bits per heavy atom. The van der Waals surface area contributed by atoms with Crippen LogP contribution in [0.4, 0.5) is 28.9 Å². The van der Waals surface area contributed by atoms with Crippen LogP contribution in [0.5, 0.6) is 5.75 Å². The minimum absolute atomic E-state index is 0.212. The highest BCUT2D eigenvalue weighted by Gasteiger charge is 2.35. The fourth-order valence-corrected chi connectivity index (χ4v) is 2.34. The summed E-state index contributed by atoms with van der Waals surface area (Å²) >= 11 is 0. The maximum absolute atomic E-state index is 13.0. The van der Waals surface area contributed by atoms with Gasteiger partial charge in [-0.1, -0.05) is 0 Å². The van der Waals surface area contributed by atoms with E-state index in [1.54, 1.807) is 0 Å². The second kappa shape index (κ2) is 9.44. The van der Waals surface area contributed by atoms with Crippen molar-refractivity contribution in [3.63, 3.8) is 0 Å². The number of halogens is 4. The average molecular weight is 439 g/mol. The van der Waals surface area contributed by atoms with Crippen molar-refractivity contribution in [3.8, 4) is 11.8 Å². The summed E-state index contributed by atoms with van der Waals surface area (Å²) in [4.78, 5) is 23.3. The first-order valence-corrected chi connectivity index (χ1v) is 8.70. The van der Waals surface area contributed by atoms with Gasteiger partial charge in [0, 0.05) is 11.4 Å². The van der Waals surface area contributed by atoms with E-state index in [0.29, 0.717) is 11.8 Å². The molecule has 0 fully saturated rings. The lowest BCUT2D eigenvalue weighted by atomic mass is 10.1. The molecule has 0 radical (unpaired) electrons. The number of hydrogen-bond acceptors (Lipinski definition) is 5. The summed E-state index contributed by atoms with van der Waals surface area (Å²) in [7, 11) is 0. The van der Waals surface area contributed by atoms with E-state index in [-0.39, 0.29) is 11.4 Å². The molecule has 0 saturated carbocycles. The van der Waals surface area contributed by atoms with Crippen LogP contribution in [0, 0.1) is 11.3 Å². The van der Waals surface area contributed by atoms with Crippen molar-refractivity contribution in [2.75, 3.05) is 23.9 Å². The number of ether oxygens (including phenoxy) is 1. The standard InChI is InChI=1S/C20H17F4N3O4/c1-19(30,11-31-15-6-4-13(5-7-15)26-17(28)9-21)18(29)27-14-3-2-12(10-25)16(8-14)20(22,23)24/h2-8,30H,9,11H2,1H3,(H,26,28)(H,27,29)/t19-/m0/s1. The Kier molecular flexibility index (Phi) is 7.20. The third-order valence-electron chi connectivity index (χ3n) is 3.97. The molecule has 2 amide bonds. The fraction of sp³-hybridized carbons (Fsp3) is 0.250. The highest BCUT2D eigenvalue weighted by molar-refractivity contribution is 5.97. The quantitative estimate of drug-likeness (QED) is 0.574. The maximum atomic E-state index is 13.0. The molecule has 7 nitrogen and oxygen atoms in total. The molecule has 0 saturated heterocycles. The van der Waals surface area contributed by atoms with Crippen LogP contribution >= 0.6 is 0 Å². The number of nitrogens with one attached hydrogen (secondary N) is 2. The van der Waals surface area contributed by atoms with E-state index in [2.05, 4.69) is 10.6 Å². The lowest BCUT2D eigenvalue weighted by molar-refractivity contribution is -0.138. The third kappa shape index (κ3) is 6.42. The molecule has 11 heteroatoms. The minimum atomic E-state index is -4.80. The van der Waals surface area contributed by atoms with Crippen LogP contribution in [0.3, 0.4) is 0 Å². The van der Waals surface area contributed by atoms with Gasteiger partial charge >= 0.3 is 6.18 Å². The van der Waals surface area contributed by atoms with Crippen molar-refractivity contribution in [2.24, 2.45) is 0 Å². The number of aliphatic hydroxyl groups is 1. The molecule has 164 valence electrons. The van der Waals surface area contributed by atoms with Gasteiger partial charge in [-0.15, -0.1) is 0 Å². The zero-order valence-corrected chi connectivity index (χ0v) is 16.1. The molecule has 0 unspecified atom stereocenters. The largest absolute Gasteiger partial charge is 0.490 e. The van der Waals surface area contributed by atoms with Crippen molar-refractivity contribution >= 4 is 23.2 Å². The van der Waals surface area contributed by atoms with E-state index in [0.717, 1.165) is 19.1 Å². The van der Waals surface area contributed by atoms with Gasteiger partial charge in [0.05, 0.1) is 17.2 Å². The lowest BCUT2D eigenvalue weighted by Crippen LogP contribution is -2.45. The SMILES string of the molecule is C[C@](O)(COc1ccc(NC(=O)CF)cc1)C(=O)Nc1ccc(C#N)c(C(F)(F)F)c1. The van der Waals surface area contributed by atoms with Gasteiger partial charge in [-0.3, -0.25) is 9.59 Å². The summed E-state index contributed by atoms with van der Waals surface area (Å²) in [6.45, 7) is -0.621. The molecule has 2 rings (SSSR count). The first-order valence-electron chi connectivity index (χ1n) is 8.70. The Labute approximate surface area is 174 Å². The Morgan fingerprint density at radius 2 is 1.71 bits per heavy atom. The summed E-state index contributed by atoms with van der Waals surface area (Å²) in [6.07, 6.45) is -4.80. The molecule has 0 aromatic heterocycles. The van der Waals surface area contributed by atoms with Crippen LogP contribution in [0.1, 0.15) is 18.1 Å². The maximum Gasteiger partial charge on any atom is 0.417 e. The molecule has 1 atom stereocenters. The van der Waals surface area contributed by atoms with Crippen molar-refractivity contribution in [1.82, 2.24) is 0 Å². The molecule has 0 aliphatic heterocycles. The Balaban J connectivity index is 2.03. The van der Waals surface area contributed by atoms with Gasteiger partial charge < -0.3 is 20.5 Å². The molecule has 0 bridgehead atoms. The smallest absolute Gasteiger partial charge is 0.417 e. The summed E-state index contributed by atoms with van der Waals surface area (Å²) < 4.78 is 56.6. The van der Waals surface area contributed by atoms with Crippen molar-refractivity contribution in [2.45, 2.75) is 18.7 Å². The summed E-state index contributed by atoms with van der Waals surface area (Å²) in [5.74, 6) is -1.65. The first kappa shape index (κ1) is 23.6. The van der Waals surface area contributed by atoms with Crippen molar-refractivity contribution in [3.05, 3.63) is 53.6 Å². The molecule has 0 heterocycles. The monoisotopic (exact) mass is 439 g/mol. The normalized spacial score (nSPS) is 12.9. The molecule has 31 heavy (non-hydrogen) atoms. The van der Waals surface area contributed by atoms with Crippen LogP contribution in [-0.4, -0.2) is 35.8 Å². The zero-order valence-electron chi connectivity index (χ0n) is 16.1. The third-order valence-corrected chi connectivity index (χ3v) is 3.97. The van der Waals surface area contributed by atoms with Crippen LogP contribution in [-0.2, 0) is 15.8 Å². The second-order valence-corrected chi connectivity index (χ2v) is 6.59. The molecular formula is C20H17F4N3O4. The van der Waals surface area contributed by atoms with E-state index < -0.39 is 48.0 Å². The van der Waals surface area contributed by atoms with Gasteiger partial charge in [0.15, 0.2) is 12.3 Å². The van der Waals surface area contributed by atoms with Crippen LogP contribution < -0.4 is 15.4 Å². The Hall–Kier alpha value is -3.65. The highest BCUT2D eigenvalue weighted by atomic mass is 19.4. The van der Waals surface area contributed by atoms with E-state index in [4.69, 9.17) is 10.00 Å².